The second kappa shape index (κ2) is 19.7. The van der Waals surface area contributed by atoms with Gasteiger partial charge in [0.25, 0.3) is 0 Å². The second-order valence-electron chi connectivity index (χ2n) is 8.78. The molecule has 0 amide bonds. The summed E-state index contributed by atoms with van der Waals surface area (Å²) in [5.41, 5.74) is 2.53. The van der Waals surface area contributed by atoms with Gasteiger partial charge in [0.05, 0.1) is 19.1 Å². The van der Waals surface area contributed by atoms with Crippen molar-refractivity contribution in [1.29, 1.82) is 0 Å². The van der Waals surface area contributed by atoms with Crippen molar-refractivity contribution in [2.75, 3.05) is 13.2 Å². The van der Waals surface area contributed by atoms with Gasteiger partial charge in [-0.05, 0) is 45.6 Å². The fourth-order valence-electron chi connectivity index (χ4n) is 3.08. The molecule has 0 saturated carbocycles. The lowest BCUT2D eigenvalue weighted by atomic mass is 10.0. The third-order valence-electron chi connectivity index (χ3n) is 4.90. The Bertz CT molecular complexity index is 907. The largest absolute Gasteiger partial charge is 0.465 e. The molecule has 0 aliphatic rings. The van der Waals surface area contributed by atoms with E-state index in [0.717, 1.165) is 31.3 Å². The summed E-state index contributed by atoms with van der Waals surface area (Å²) < 4.78 is 19.6. The van der Waals surface area contributed by atoms with Crippen molar-refractivity contribution < 1.29 is 42.9 Å². The number of ketones is 1. The lowest BCUT2D eigenvalue weighted by molar-refractivity contribution is -0.142. The molecule has 0 saturated heterocycles. The van der Waals surface area contributed by atoms with Crippen LogP contribution in [0.4, 0.5) is 0 Å². The number of allylic oxidation sites excluding steroid dienone is 4. The number of carbonyl (C=O) groups is 5. The molecule has 206 valence electrons. The molecule has 0 aromatic rings. The highest BCUT2D eigenvalue weighted by molar-refractivity contribution is 5.83. The van der Waals surface area contributed by atoms with Crippen molar-refractivity contribution in [3.63, 3.8) is 0 Å². The quantitative estimate of drug-likeness (QED) is 0.112. The van der Waals surface area contributed by atoms with E-state index >= 15 is 0 Å². The third-order valence-corrected chi connectivity index (χ3v) is 4.90. The number of rotatable bonds is 17. The Labute approximate surface area is 219 Å². The Morgan fingerprint density at radius 1 is 0.703 bits per heavy atom. The van der Waals surface area contributed by atoms with E-state index in [0.29, 0.717) is 5.57 Å². The molecule has 0 bridgehead atoms. The first-order valence-electron chi connectivity index (χ1n) is 12.2. The van der Waals surface area contributed by atoms with Crippen LogP contribution in [0.2, 0.25) is 0 Å². The van der Waals surface area contributed by atoms with E-state index in [2.05, 4.69) is 6.08 Å². The monoisotopic (exact) mass is 520 g/mol. The van der Waals surface area contributed by atoms with Gasteiger partial charge < -0.3 is 18.9 Å². The summed E-state index contributed by atoms with van der Waals surface area (Å²) in [6, 6.07) is 0. The lowest BCUT2D eigenvalue weighted by Gasteiger charge is -2.11. The minimum Gasteiger partial charge on any atom is -0.465 e. The van der Waals surface area contributed by atoms with E-state index in [4.69, 9.17) is 18.9 Å². The van der Waals surface area contributed by atoms with Crippen molar-refractivity contribution in [2.45, 2.75) is 80.1 Å². The van der Waals surface area contributed by atoms with Gasteiger partial charge in [-0.2, -0.15) is 0 Å². The number of Topliss-reactive ketones (excluding diaryl/α,β-unsaturated/α-hetero) is 1. The molecule has 0 N–H and O–H groups in total. The summed E-state index contributed by atoms with van der Waals surface area (Å²) >= 11 is 0. The fourth-order valence-corrected chi connectivity index (χ4v) is 3.08. The molecule has 9 heteroatoms. The summed E-state index contributed by atoms with van der Waals surface area (Å²) in [7, 11) is 0. The maximum atomic E-state index is 12.4. The molecule has 0 aliphatic heterocycles. The van der Waals surface area contributed by atoms with Crippen LogP contribution in [0.15, 0.2) is 47.5 Å². The highest BCUT2D eigenvalue weighted by Crippen LogP contribution is 2.16. The van der Waals surface area contributed by atoms with Gasteiger partial charge in [-0.1, -0.05) is 23.3 Å². The zero-order valence-electron chi connectivity index (χ0n) is 22.8. The van der Waals surface area contributed by atoms with Gasteiger partial charge in [-0.3, -0.25) is 24.0 Å². The van der Waals surface area contributed by atoms with Gasteiger partial charge in [0.2, 0.25) is 0 Å². The summed E-state index contributed by atoms with van der Waals surface area (Å²) in [6.45, 7) is 9.20. The number of ether oxygens (including phenoxy) is 4. The van der Waals surface area contributed by atoms with Crippen LogP contribution in [0.5, 0.6) is 0 Å². The summed E-state index contributed by atoms with van der Waals surface area (Å²) in [4.78, 5) is 56.5. The Hall–Kier alpha value is -3.49. The van der Waals surface area contributed by atoms with E-state index in [-0.39, 0.29) is 43.7 Å². The van der Waals surface area contributed by atoms with Gasteiger partial charge in [0, 0.05) is 52.0 Å². The first-order chi connectivity index (χ1) is 17.4. The summed E-state index contributed by atoms with van der Waals surface area (Å²) in [5, 5.41) is 0. The Morgan fingerprint density at radius 3 is 1.92 bits per heavy atom. The van der Waals surface area contributed by atoms with Gasteiger partial charge in [0.15, 0.2) is 0 Å². The molecule has 0 heterocycles. The molecule has 1 atom stereocenters. The molecule has 0 rings (SSSR count). The fraction of sp³-hybridized carbons (Fsp3) is 0.536. The first-order valence-corrected chi connectivity index (χ1v) is 12.2. The summed E-state index contributed by atoms with van der Waals surface area (Å²) in [6.07, 6.45) is 11.7. The minimum atomic E-state index is -0.523. The number of hydrogen-bond donors (Lipinski definition) is 0. The molecule has 0 aromatic heterocycles. The van der Waals surface area contributed by atoms with Crippen LogP contribution in [0.3, 0.4) is 0 Å². The van der Waals surface area contributed by atoms with Crippen LogP contribution >= 0.6 is 0 Å². The maximum Gasteiger partial charge on any atom is 0.307 e. The molecule has 0 radical (unpaired) electrons. The predicted octanol–water partition coefficient (Wildman–Crippen LogP) is 5.05. The average Bonchev–Trinajstić information content (AvgIpc) is 2.78. The van der Waals surface area contributed by atoms with Crippen LogP contribution in [-0.2, 0) is 42.9 Å². The third kappa shape index (κ3) is 21.5. The molecule has 0 aromatic carbocycles. The van der Waals surface area contributed by atoms with Crippen molar-refractivity contribution in [1.82, 2.24) is 0 Å². The van der Waals surface area contributed by atoms with Crippen LogP contribution in [-0.4, -0.2) is 42.9 Å². The molecule has 9 nitrogen and oxygen atoms in total. The van der Waals surface area contributed by atoms with E-state index in [1.807, 2.05) is 19.9 Å². The van der Waals surface area contributed by atoms with Crippen LogP contribution in [0.25, 0.3) is 0 Å². The van der Waals surface area contributed by atoms with Crippen molar-refractivity contribution in [3.05, 3.63) is 47.5 Å². The van der Waals surface area contributed by atoms with Gasteiger partial charge in [-0.25, -0.2) is 0 Å². The molecule has 37 heavy (non-hydrogen) atoms. The normalized spacial score (nSPS) is 13.2. The van der Waals surface area contributed by atoms with E-state index < -0.39 is 17.9 Å². The van der Waals surface area contributed by atoms with Crippen LogP contribution in [0, 0.1) is 5.92 Å². The van der Waals surface area contributed by atoms with Gasteiger partial charge in [-0.15, -0.1) is 0 Å². The number of esters is 4. The first kappa shape index (κ1) is 33.5. The van der Waals surface area contributed by atoms with Crippen molar-refractivity contribution >= 4 is 29.7 Å². The Balaban J connectivity index is 4.69. The molecular formula is C28H40O9. The second-order valence-corrected chi connectivity index (χ2v) is 8.78. The van der Waals surface area contributed by atoms with E-state index in [9.17, 15) is 24.0 Å². The SMILES string of the molecule is CC(=O)OC=CC(CCC=C(C)CCC=C(C)CC(=O)CC(=COC(C)=O)COC(C)=O)COC(C)=O. The standard InChI is InChI=1S/C28H40O9/c1-20(10-8-12-26(17-35-23(4)30)13-14-34-22(3)29)9-7-11-21(2)15-28(33)16-27(18-36-24(5)31)19-37-25(6)32/h10-11,13-14,18,26H,7-9,12,15-17,19H2,1-6H3. The average molecular weight is 521 g/mol. The van der Waals surface area contributed by atoms with Crippen molar-refractivity contribution in [2.24, 2.45) is 5.92 Å². The maximum absolute atomic E-state index is 12.4. The highest BCUT2D eigenvalue weighted by atomic mass is 16.5. The smallest absolute Gasteiger partial charge is 0.307 e. The van der Waals surface area contributed by atoms with Crippen LogP contribution < -0.4 is 0 Å². The molecule has 0 aliphatic carbocycles. The molecule has 1 unspecified atom stereocenters. The predicted molar refractivity (Wildman–Crippen MR) is 138 cm³/mol. The number of carbonyl (C=O) groups excluding carboxylic acids is 5. The van der Waals surface area contributed by atoms with Crippen LogP contribution in [0.1, 0.15) is 80.1 Å². The Morgan fingerprint density at radius 2 is 1.32 bits per heavy atom. The molecule has 0 fully saturated rings. The van der Waals surface area contributed by atoms with Crippen molar-refractivity contribution in [3.8, 4) is 0 Å². The zero-order valence-corrected chi connectivity index (χ0v) is 22.8. The van der Waals surface area contributed by atoms with E-state index in [1.54, 1.807) is 6.08 Å². The summed E-state index contributed by atoms with van der Waals surface area (Å²) in [5.74, 6) is -1.93. The number of hydrogen-bond acceptors (Lipinski definition) is 9. The molecular weight excluding hydrogens is 480 g/mol. The van der Waals surface area contributed by atoms with Gasteiger partial charge in [0.1, 0.15) is 12.4 Å². The topological polar surface area (TPSA) is 122 Å². The zero-order chi connectivity index (χ0) is 28.2. The lowest BCUT2D eigenvalue weighted by Crippen LogP contribution is -2.10. The van der Waals surface area contributed by atoms with E-state index in [1.165, 1.54) is 45.8 Å². The molecule has 0 spiro atoms. The van der Waals surface area contributed by atoms with Gasteiger partial charge >= 0.3 is 23.9 Å². The highest BCUT2D eigenvalue weighted by Gasteiger charge is 2.11. The Kier molecular flexibility index (Phi) is 17.8. The minimum absolute atomic E-state index is 0.0189.